The van der Waals surface area contributed by atoms with Crippen LogP contribution in [0.25, 0.3) is 0 Å². The highest BCUT2D eigenvalue weighted by atomic mass is 16.6. The van der Waals surface area contributed by atoms with E-state index in [-0.39, 0.29) is 0 Å². The van der Waals surface area contributed by atoms with Gasteiger partial charge >= 0.3 is 0 Å². The van der Waals surface area contributed by atoms with Crippen LogP contribution in [0.4, 0.5) is 0 Å². The minimum absolute atomic E-state index is 0.420. The van der Waals surface area contributed by atoms with Crippen molar-refractivity contribution in [1.82, 2.24) is 0 Å². The highest BCUT2D eigenvalue weighted by Crippen LogP contribution is 2.64. The summed E-state index contributed by atoms with van der Waals surface area (Å²) < 4.78 is 17.0. The molecule has 2 bridgehead atoms. The molecule has 3 saturated carbocycles. The zero-order chi connectivity index (χ0) is 16.4. The Morgan fingerprint density at radius 1 is 1.00 bits per heavy atom. The third kappa shape index (κ3) is 2.67. The van der Waals surface area contributed by atoms with E-state index in [0.717, 1.165) is 36.9 Å². The number of aryl methyl sites for hydroxylation is 2. The van der Waals surface area contributed by atoms with Crippen LogP contribution in [0.3, 0.4) is 0 Å². The maximum Gasteiger partial charge on any atom is 0.104 e. The minimum atomic E-state index is 0.420. The van der Waals surface area contributed by atoms with Gasteiger partial charge in [-0.25, -0.2) is 0 Å². The first-order valence-corrected chi connectivity index (χ1v) is 10.3. The van der Waals surface area contributed by atoms with Crippen molar-refractivity contribution in [1.29, 1.82) is 0 Å². The lowest BCUT2D eigenvalue weighted by atomic mass is 9.79. The van der Waals surface area contributed by atoms with E-state index in [0.29, 0.717) is 24.4 Å². The standard InChI is InChI=1S/C13H18O3.C9H10/c1-6-2-10(15-5-7-4-14-7)9(1)12-8(6)3-11-13(12)16-11;1-2-5-9-7-3-6-8(9)4-1/h6-13H,1-5H2;1-2,4-5H,3,6-7H2. The molecular weight excluding hydrogens is 312 g/mol. The van der Waals surface area contributed by atoms with Crippen molar-refractivity contribution in [2.24, 2.45) is 23.7 Å². The Morgan fingerprint density at radius 3 is 2.56 bits per heavy atom. The Hall–Kier alpha value is -0.900. The van der Waals surface area contributed by atoms with Gasteiger partial charge in [0, 0.05) is 0 Å². The number of epoxide rings is 2. The minimum Gasteiger partial charge on any atom is -0.375 e. The molecular formula is C22H28O3. The Labute approximate surface area is 150 Å². The quantitative estimate of drug-likeness (QED) is 0.791. The van der Waals surface area contributed by atoms with E-state index in [1.807, 2.05) is 0 Å². The third-order valence-corrected chi connectivity index (χ3v) is 7.60. The van der Waals surface area contributed by atoms with E-state index >= 15 is 0 Å². The van der Waals surface area contributed by atoms with Gasteiger partial charge in [-0.1, -0.05) is 24.3 Å². The van der Waals surface area contributed by atoms with Crippen LogP contribution in [0.2, 0.25) is 0 Å². The highest BCUT2D eigenvalue weighted by Gasteiger charge is 2.66. The summed E-state index contributed by atoms with van der Waals surface area (Å²) >= 11 is 0. The number of rotatable bonds is 3. The summed E-state index contributed by atoms with van der Waals surface area (Å²) in [6.45, 7) is 1.75. The molecule has 5 fully saturated rings. The SMILES string of the molecule is C1OC1COC1CC2CC1C1C2CC2OC21.c1ccc2c(c1)CCC2. The van der Waals surface area contributed by atoms with E-state index in [9.17, 15) is 0 Å². The predicted octanol–water partition coefficient (Wildman–Crippen LogP) is 3.39. The Bertz CT molecular complexity index is 631. The zero-order valence-electron chi connectivity index (χ0n) is 14.8. The van der Waals surface area contributed by atoms with Crippen LogP contribution < -0.4 is 0 Å². The summed E-state index contributed by atoms with van der Waals surface area (Å²) in [5.74, 6) is 3.61. The second kappa shape index (κ2) is 5.80. The van der Waals surface area contributed by atoms with Gasteiger partial charge in [-0.3, -0.25) is 0 Å². The van der Waals surface area contributed by atoms with Crippen LogP contribution >= 0.6 is 0 Å². The molecule has 8 atom stereocenters. The van der Waals surface area contributed by atoms with Crippen molar-refractivity contribution in [2.45, 2.75) is 62.9 Å². The Kier molecular flexibility index (Phi) is 3.52. The van der Waals surface area contributed by atoms with Crippen molar-refractivity contribution >= 4 is 0 Å². The van der Waals surface area contributed by atoms with Gasteiger partial charge in [0.05, 0.1) is 31.5 Å². The van der Waals surface area contributed by atoms with Crippen molar-refractivity contribution in [3.8, 4) is 0 Å². The number of fused-ring (bicyclic) bond motifs is 8. The lowest BCUT2D eigenvalue weighted by Crippen LogP contribution is -2.34. The predicted molar refractivity (Wildman–Crippen MR) is 94.4 cm³/mol. The van der Waals surface area contributed by atoms with E-state index in [1.165, 1.54) is 38.5 Å². The van der Waals surface area contributed by atoms with E-state index < -0.39 is 0 Å². The lowest BCUT2D eigenvalue weighted by Gasteiger charge is -2.32. The smallest absolute Gasteiger partial charge is 0.104 e. The van der Waals surface area contributed by atoms with Gasteiger partial charge in [0.2, 0.25) is 0 Å². The first-order valence-electron chi connectivity index (χ1n) is 10.3. The molecule has 0 spiro atoms. The molecule has 134 valence electrons. The molecule has 6 aliphatic rings. The van der Waals surface area contributed by atoms with Crippen LogP contribution in [0.5, 0.6) is 0 Å². The second-order valence-electron chi connectivity index (χ2n) is 8.96. The Morgan fingerprint density at radius 2 is 1.80 bits per heavy atom. The second-order valence-corrected chi connectivity index (χ2v) is 8.96. The molecule has 3 heteroatoms. The highest BCUT2D eigenvalue weighted by molar-refractivity contribution is 5.30. The van der Waals surface area contributed by atoms with E-state index in [1.54, 1.807) is 11.1 Å². The van der Waals surface area contributed by atoms with Crippen LogP contribution in [0.15, 0.2) is 24.3 Å². The molecule has 0 N–H and O–H groups in total. The van der Waals surface area contributed by atoms with Gasteiger partial charge in [-0.2, -0.15) is 0 Å². The molecule has 0 radical (unpaired) electrons. The fourth-order valence-corrected chi connectivity index (χ4v) is 6.35. The first-order chi connectivity index (χ1) is 12.4. The van der Waals surface area contributed by atoms with Gasteiger partial charge in [-0.05, 0) is 73.3 Å². The van der Waals surface area contributed by atoms with Crippen LogP contribution in [0, 0.1) is 23.7 Å². The summed E-state index contributed by atoms with van der Waals surface area (Å²) in [6, 6.07) is 8.74. The third-order valence-electron chi connectivity index (χ3n) is 7.60. The van der Waals surface area contributed by atoms with Crippen molar-refractivity contribution in [3.05, 3.63) is 35.4 Å². The summed E-state index contributed by atoms with van der Waals surface area (Å²) in [5.41, 5.74) is 3.13. The summed E-state index contributed by atoms with van der Waals surface area (Å²) in [7, 11) is 0. The van der Waals surface area contributed by atoms with Gasteiger partial charge in [-0.15, -0.1) is 0 Å². The maximum atomic E-state index is 6.06. The monoisotopic (exact) mass is 340 g/mol. The van der Waals surface area contributed by atoms with Crippen molar-refractivity contribution < 1.29 is 14.2 Å². The summed E-state index contributed by atoms with van der Waals surface area (Å²) in [6.07, 6.45) is 10.3. The van der Waals surface area contributed by atoms with Gasteiger partial charge in [0.25, 0.3) is 0 Å². The van der Waals surface area contributed by atoms with Gasteiger partial charge < -0.3 is 14.2 Å². The molecule has 8 unspecified atom stereocenters. The molecule has 4 aliphatic carbocycles. The average Bonchev–Trinajstić information content (AvgIpc) is 3.40. The lowest BCUT2D eigenvalue weighted by molar-refractivity contribution is -0.0276. The molecule has 25 heavy (non-hydrogen) atoms. The van der Waals surface area contributed by atoms with Crippen molar-refractivity contribution in [3.63, 3.8) is 0 Å². The van der Waals surface area contributed by atoms with E-state index in [4.69, 9.17) is 14.2 Å². The average molecular weight is 340 g/mol. The first kappa shape index (κ1) is 15.2. The van der Waals surface area contributed by atoms with Crippen LogP contribution in [-0.2, 0) is 27.1 Å². The zero-order valence-corrected chi connectivity index (χ0v) is 14.8. The topological polar surface area (TPSA) is 34.3 Å². The molecule has 3 nitrogen and oxygen atoms in total. The molecule has 2 aliphatic heterocycles. The largest absolute Gasteiger partial charge is 0.375 e. The fraction of sp³-hybridized carbons (Fsp3) is 0.727. The molecule has 0 amide bonds. The molecule has 2 saturated heterocycles. The molecule has 0 aromatic heterocycles. The van der Waals surface area contributed by atoms with Crippen molar-refractivity contribution in [2.75, 3.05) is 13.2 Å². The molecule has 1 aromatic carbocycles. The Balaban J connectivity index is 0.000000122. The number of benzene rings is 1. The normalized spacial score (nSPS) is 46.9. The summed E-state index contributed by atoms with van der Waals surface area (Å²) in [4.78, 5) is 0. The molecule has 1 aromatic rings. The van der Waals surface area contributed by atoms with Gasteiger partial charge in [0.15, 0.2) is 0 Å². The number of hydrogen-bond acceptors (Lipinski definition) is 3. The van der Waals surface area contributed by atoms with Gasteiger partial charge in [0.1, 0.15) is 6.10 Å². The molecule has 2 heterocycles. The summed E-state index contributed by atoms with van der Waals surface area (Å²) in [5, 5.41) is 0. The number of hydrogen-bond donors (Lipinski definition) is 0. The van der Waals surface area contributed by atoms with E-state index in [2.05, 4.69) is 24.3 Å². The number of ether oxygens (including phenoxy) is 3. The fourth-order valence-electron chi connectivity index (χ4n) is 6.35. The van der Waals surface area contributed by atoms with Crippen LogP contribution in [-0.4, -0.2) is 37.6 Å². The maximum absolute atomic E-state index is 6.06. The van der Waals surface area contributed by atoms with Crippen LogP contribution in [0.1, 0.15) is 36.8 Å². The molecule has 7 rings (SSSR count).